The highest BCUT2D eigenvalue weighted by molar-refractivity contribution is 6.32. The van der Waals surface area contributed by atoms with Crippen LogP contribution in [-0.4, -0.2) is 16.6 Å². The summed E-state index contributed by atoms with van der Waals surface area (Å²) in [4.78, 5) is 4.36. The van der Waals surface area contributed by atoms with E-state index in [1.54, 1.807) is 22.8 Å². The van der Waals surface area contributed by atoms with Crippen LogP contribution in [0.2, 0.25) is 5.15 Å². The van der Waals surface area contributed by atoms with E-state index >= 15 is 0 Å². The molecule has 2 rings (SSSR count). The topological polar surface area (TPSA) is 29.9 Å². The van der Waals surface area contributed by atoms with Crippen molar-refractivity contribution in [3.05, 3.63) is 41.1 Å². The van der Waals surface area contributed by atoms with Gasteiger partial charge < -0.3 is 9.88 Å². The van der Waals surface area contributed by atoms with Crippen LogP contribution < -0.4 is 5.32 Å². The molecule has 0 saturated heterocycles. The van der Waals surface area contributed by atoms with Gasteiger partial charge >= 0.3 is 0 Å². The fraction of sp³-hybridized carbons (Fsp3) is 0.250. The van der Waals surface area contributed by atoms with Gasteiger partial charge in [-0.3, -0.25) is 0 Å². The van der Waals surface area contributed by atoms with E-state index in [9.17, 15) is 4.39 Å². The van der Waals surface area contributed by atoms with Crippen molar-refractivity contribution in [1.82, 2.24) is 14.9 Å². The summed E-state index contributed by atoms with van der Waals surface area (Å²) in [7, 11) is 3.64. The molecule has 0 aliphatic heterocycles. The summed E-state index contributed by atoms with van der Waals surface area (Å²) in [5.41, 5.74) is 0.910. The van der Waals surface area contributed by atoms with Gasteiger partial charge in [-0.1, -0.05) is 23.7 Å². The number of aromatic nitrogens is 2. The average molecular weight is 254 g/mol. The molecule has 0 fully saturated rings. The molecule has 5 heteroatoms. The first kappa shape index (κ1) is 12.1. The van der Waals surface area contributed by atoms with Gasteiger partial charge in [0.2, 0.25) is 0 Å². The quantitative estimate of drug-likeness (QED) is 0.911. The molecule has 0 spiro atoms. The van der Waals surface area contributed by atoms with Crippen LogP contribution in [0.4, 0.5) is 4.39 Å². The lowest BCUT2D eigenvalue weighted by Crippen LogP contribution is -2.10. The lowest BCUT2D eigenvalue weighted by molar-refractivity contribution is 0.631. The fourth-order valence-corrected chi connectivity index (χ4v) is 1.90. The van der Waals surface area contributed by atoms with Gasteiger partial charge in [-0.2, -0.15) is 0 Å². The molecule has 3 nitrogen and oxygen atoms in total. The number of halogens is 2. The van der Waals surface area contributed by atoms with Gasteiger partial charge in [-0.25, -0.2) is 9.37 Å². The minimum absolute atomic E-state index is 0.316. The number of imidazole rings is 1. The molecule has 2 aromatic rings. The minimum Gasteiger partial charge on any atom is -0.321 e. The summed E-state index contributed by atoms with van der Waals surface area (Å²) in [6, 6.07) is 6.48. The first-order valence-corrected chi connectivity index (χ1v) is 5.63. The minimum atomic E-state index is -0.316. The third-order valence-electron chi connectivity index (χ3n) is 2.58. The lowest BCUT2D eigenvalue weighted by atomic mass is 10.1. The monoisotopic (exact) mass is 253 g/mol. The summed E-state index contributed by atoms with van der Waals surface area (Å²) in [5, 5.41) is 3.44. The second-order valence-corrected chi connectivity index (χ2v) is 4.09. The molecule has 17 heavy (non-hydrogen) atoms. The zero-order chi connectivity index (χ0) is 12.4. The van der Waals surface area contributed by atoms with Crippen LogP contribution in [0.3, 0.4) is 0 Å². The van der Waals surface area contributed by atoms with Gasteiger partial charge in [0.05, 0.1) is 6.54 Å². The van der Waals surface area contributed by atoms with Gasteiger partial charge in [-0.15, -0.1) is 0 Å². The van der Waals surface area contributed by atoms with Crippen molar-refractivity contribution in [1.29, 1.82) is 0 Å². The Morgan fingerprint density at radius 1 is 1.41 bits per heavy atom. The molecule has 0 aliphatic rings. The third kappa shape index (κ3) is 2.18. The smallest absolute Gasteiger partial charge is 0.136 e. The molecule has 0 amide bonds. The van der Waals surface area contributed by atoms with Crippen LogP contribution in [0, 0.1) is 5.82 Å². The number of hydrogen-bond acceptors (Lipinski definition) is 2. The van der Waals surface area contributed by atoms with Crippen LogP contribution in [0.15, 0.2) is 24.3 Å². The second-order valence-electron chi connectivity index (χ2n) is 3.74. The number of hydrogen-bond donors (Lipinski definition) is 1. The predicted molar refractivity (Wildman–Crippen MR) is 66.4 cm³/mol. The molecule has 0 bridgehead atoms. The van der Waals surface area contributed by atoms with Crippen molar-refractivity contribution in [2.75, 3.05) is 7.05 Å². The average Bonchev–Trinajstić information content (AvgIpc) is 2.59. The van der Waals surface area contributed by atoms with Crippen molar-refractivity contribution in [3.63, 3.8) is 0 Å². The van der Waals surface area contributed by atoms with Gasteiger partial charge in [0, 0.05) is 12.6 Å². The van der Waals surface area contributed by atoms with Gasteiger partial charge in [0.15, 0.2) is 0 Å². The van der Waals surface area contributed by atoms with E-state index in [2.05, 4.69) is 10.3 Å². The summed E-state index contributed by atoms with van der Waals surface area (Å²) in [6.45, 7) is 0.588. The molecule has 1 aromatic carbocycles. The number of rotatable bonds is 3. The Balaban J connectivity index is 2.53. The summed E-state index contributed by atoms with van der Waals surface area (Å²) in [6.07, 6.45) is 0. The third-order valence-corrected chi connectivity index (χ3v) is 3.01. The van der Waals surface area contributed by atoms with Crippen LogP contribution in [0.25, 0.3) is 11.3 Å². The normalized spacial score (nSPS) is 10.8. The standard InChI is InChI=1S/C12H13ClFN3/c1-15-7-10-16-11(12(13)17(10)2)8-5-3-4-6-9(8)14/h3-6,15H,7H2,1-2H3. The Kier molecular flexibility index (Phi) is 3.45. The largest absolute Gasteiger partial charge is 0.321 e. The molecule has 1 N–H and O–H groups in total. The molecular weight excluding hydrogens is 241 g/mol. The highest BCUT2D eigenvalue weighted by atomic mass is 35.5. The Morgan fingerprint density at radius 3 is 2.76 bits per heavy atom. The Hall–Kier alpha value is -1.39. The van der Waals surface area contributed by atoms with Gasteiger partial charge in [-0.05, 0) is 19.2 Å². The number of benzene rings is 1. The molecule has 0 unspecified atom stereocenters. The maximum absolute atomic E-state index is 13.7. The van der Waals surface area contributed by atoms with Gasteiger partial charge in [0.25, 0.3) is 0 Å². The zero-order valence-corrected chi connectivity index (χ0v) is 10.4. The first-order valence-electron chi connectivity index (χ1n) is 5.25. The van der Waals surface area contributed by atoms with E-state index in [1.807, 2.05) is 14.1 Å². The number of nitrogens with zero attached hydrogens (tertiary/aromatic N) is 2. The summed E-state index contributed by atoms with van der Waals surface area (Å²) in [5.74, 6) is 0.458. The zero-order valence-electron chi connectivity index (χ0n) is 9.67. The predicted octanol–water partition coefficient (Wildman–Crippen LogP) is 2.60. The SMILES string of the molecule is CNCc1nc(-c2ccccc2F)c(Cl)n1C. The van der Waals surface area contributed by atoms with Crippen molar-refractivity contribution in [2.45, 2.75) is 6.54 Å². The van der Waals surface area contributed by atoms with Crippen LogP contribution in [0.5, 0.6) is 0 Å². The highest BCUT2D eigenvalue weighted by Crippen LogP contribution is 2.29. The molecule has 0 saturated carbocycles. The molecule has 0 radical (unpaired) electrons. The van der Waals surface area contributed by atoms with E-state index in [1.165, 1.54) is 6.07 Å². The molecule has 1 heterocycles. The van der Waals surface area contributed by atoms with Crippen molar-refractivity contribution < 1.29 is 4.39 Å². The second kappa shape index (κ2) is 4.85. The van der Waals surface area contributed by atoms with E-state index in [-0.39, 0.29) is 5.82 Å². The molecule has 90 valence electrons. The van der Waals surface area contributed by atoms with E-state index in [0.29, 0.717) is 23.0 Å². The van der Waals surface area contributed by atoms with Gasteiger partial charge in [0.1, 0.15) is 22.5 Å². The van der Waals surface area contributed by atoms with Crippen molar-refractivity contribution in [2.24, 2.45) is 7.05 Å². The Bertz CT molecular complexity index is 537. The van der Waals surface area contributed by atoms with E-state index in [4.69, 9.17) is 11.6 Å². The molecule has 1 aromatic heterocycles. The fourth-order valence-electron chi connectivity index (χ4n) is 1.66. The summed E-state index contributed by atoms with van der Waals surface area (Å²) >= 11 is 6.16. The first-order chi connectivity index (χ1) is 8.15. The van der Waals surface area contributed by atoms with Crippen LogP contribution in [0.1, 0.15) is 5.82 Å². The lowest BCUT2D eigenvalue weighted by Gasteiger charge is -2.00. The molecule has 0 aliphatic carbocycles. The van der Waals surface area contributed by atoms with Crippen molar-refractivity contribution >= 4 is 11.6 Å². The Morgan fingerprint density at radius 2 is 2.12 bits per heavy atom. The summed E-state index contributed by atoms with van der Waals surface area (Å²) < 4.78 is 15.4. The molecule has 0 atom stereocenters. The number of nitrogens with one attached hydrogen (secondary N) is 1. The van der Waals surface area contributed by atoms with E-state index < -0.39 is 0 Å². The molecular formula is C12H13ClFN3. The van der Waals surface area contributed by atoms with Crippen molar-refractivity contribution in [3.8, 4) is 11.3 Å². The maximum atomic E-state index is 13.7. The van der Waals surface area contributed by atoms with Crippen LogP contribution >= 0.6 is 11.6 Å². The highest BCUT2D eigenvalue weighted by Gasteiger charge is 2.16. The maximum Gasteiger partial charge on any atom is 0.136 e. The van der Waals surface area contributed by atoms with Crippen LogP contribution in [-0.2, 0) is 13.6 Å². The van der Waals surface area contributed by atoms with E-state index in [0.717, 1.165) is 5.82 Å². The Labute approximate surface area is 104 Å².